The van der Waals surface area contributed by atoms with Crippen molar-refractivity contribution in [3.8, 4) is 0 Å². The van der Waals surface area contributed by atoms with Crippen LogP contribution in [0, 0.1) is 5.92 Å². The number of carbonyl (C=O) groups is 1. The molecule has 2 saturated heterocycles. The molecule has 0 unspecified atom stereocenters. The van der Waals surface area contributed by atoms with Gasteiger partial charge in [-0.2, -0.15) is 0 Å². The van der Waals surface area contributed by atoms with Crippen LogP contribution in [0.5, 0.6) is 0 Å². The van der Waals surface area contributed by atoms with Gasteiger partial charge in [0.05, 0.1) is 13.2 Å². The molecule has 2 fully saturated rings. The van der Waals surface area contributed by atoms with Crippen molar-refractivity contribution in [2.45, 2.75) is 45.1 Å². The van der Waals surface area contributed by atoms with Gasteiger partial charge in [-0.1, -0.05) is 0 Å². The summed E-state index contributed by atoms with van der Waals surface area (Å²) >= 11 is 0. The van der Waals surface area contributed by atoms with Crippen LogP contribution >= 0.6 is 0 Å². The summed E-state index contributed by atoms with van der Waals surface area (Å²) in [5, 5.41) is 2.99. The molecule has 0 bridgehead atoms. The van der Waals surface area contributed by atoms with E-state index < -0.39 is 0 Å². The number of amides is 2. The van der Waals surface area contributed by atoms with Gasteiger partial charge in [0.25, 0.3) is 0 Å². The Kier molecular flexibility index (Phi) is 6.60. The smallest absolute Gasteiger partial charge is 0.317 e. The van der Waals surface area contributed by atoms with Crippen molar-refractivity contribution in [2.24, 2.45) is 5.92 Å². The Balaban J connectivity index is 1.48. The van der Waals surface area contributed by atoms with Crippen molar-refractivity contribution in [2.75, 3.05) is 39.5 Å². The quantitative estimate of drug-likeness (QED) is 0.759. The van der Waals surface area contributed by atoms with Crippen LogP contribution in [-0.2, 0) is 9.47 Å². The number of nitrogens with one attached hydrogen (secondary N) is 1. The molecule has 0 spiro atoms. The number of piperidine rings is 1. The zero-order chi connectivity index (χ0) is 14.2. The number of hydrogen-bond acceptors (Lipinski definition) is 3. The van der Waals surface area contributed by atoms with Crippen LogP contribution in [0.2, 0.25) is 0 Å². The summed E-state index contributed by atoms with van der Waals surface area (Å²) in [7, 11) is 0. The van der Waals surface area contributed by atoms with E-state index in [0.717, 1.165) is 52.0 Å². The molecular weight excluding hydrogens is 256 g/mol. The lowest BCUT2D eigenvalue weighted by atomic mass is 10.0. The highest BCUT2D eigenvalue weighted by Crippen LogP contribution is 2.16. The Labute approximate surface area is 122 Å². The molecular formula is C15H28N2O3. The monoisotopic (exact) mass is 284 g/mol. The number of likely N-dealkylation sites (tertiary alicyclic amines) is 1. The molecule has 0 aromatic carbocycles. The summed E-state index contributed by atoms with van der Waals surface area (Å²) in [4.78, 5) is 14.0. The minimum atomic E-state index is 0.0846. The third-order valence-electron chi connectivity index (χ3n) is 4.18. The van der Waals surface area contributed by atoms with Gasteiger partial charge in [0.1, 0.15) is 0 Å². The van der Waals surface area contributed by atoms with Crippen molar-refractivity contribution < 1.29 is 14.3 Å². The van der Waals surface area contributed by atoms with Crippen LogP contribution in [0.1, 0.15) is 39.0 Å². The number of hydrogen-bond donors (Lipinski definition) is 1. The molecule has 0 aromatic rings. The lowest BCUT2D eigenvalue weighted by Gasteiger charge is -2.33. The van der Waals surface area contributed by atoms with Crippen LogP contribution in [0.15, 0.2) is 0 Å². The fraction of sp³-hybridized carbons (Fsp3) is 0.933. The van der Waals surface area contributed by atoms with Gasteiger partial charge in [0, 0.05) is 38.3 Å². The van der Waals surface area contributed by atoms with Gasteiger partial charge in [0.15, 0.2) is 0 Å². The van der Waals surface area contributed by atoms with Gasteiger partial charge in [-0.05, 0) is 39.0 Å². The van der Waals surface area contributed by atoms with Gasteiger partial charge in [-0.3, -0.25) is 0 Å². The Morgan fingerprint density at radius 1 is 1.40 bits per heavy atom. The van der Waals surface area contributed by atoms with E-state index >= 15 is 0 Å². The lowest BCUT2D eigenvalue weighted by Crippen LogP contribution is -2.47. The van der Waals surface area contributed by atoms with Crippen molar-refractivity contribution in [1.29, 1.82) is 0 Å². The normalized spacial score (nSPS) is 26.8. The van der Waals surface area contributed by atoms with E-state index in [9.17, 15) is 4.79 Å². The predicted octanol–water partition coefficient (Wildman–Crippen LogP) is 2.01. The highest BCUT2D eigenvalue weighted by Gasteiger charge is 2.22. The highest BCUT2D eigenvalue weighted by molar-refractivity contribution is 5.74. The Morgan fingerprint density at radius 2 is 2.30 bits per heavy atom. The molecule has 2 heterocycles. The van der Waals surface area contributed by atoms with Crippen LogP contribution < -0.4 is 5.32 Å². The minimum Gasteiger partial charge on any atom is -0.381 e. The molecule has 2 aliphatic heterocycles. The van der Waals surface area contributed by atoms with E-state index in [1.807, 2.05) is 4.90 Å². The minimum absolute atomic E-state index is 0.0846. The van der Waals surface area contributed by atoms with Gasteiger partial charge >= 0.3 is 6.03 Å². The van der Waals surface area contributed by atoms with E-state index in [1.165, 1.54) is 6.42 Å². The van der Waals surface area contributed by atoms with E-state index in [1.54, 1.807) is 0 Å². The van der Waals surface area contributed by atoms with Crippen LogP contribution in [0.25, 0.3) is 0 Å². The average molecular weight is 284 g/mol. The number of rotatable bonds is 6. The molecule has 0 saturated carbocycles. The van der Waals surface area contributed by atoms with Crippen molar-refractivity contribution in [3.05, 3.63) is 0 Å². The fourth-order valence-electron chi connectivity index (χ4n) is 2.84. The second-order valence-electron chi connectivity index (χ2n) is 5.93. The molecule has 2 amide bonds. The molecule has 2 atom stereocenters. The molecule has 5 nitrogen and oxygen atoms in total. The van der Waals surface area contributed by atoms with Gasteiger partial charge in [-0.15, -0.1) is 0 Å². The van der Waals surface area contributed by atoms with E-state index in [0.29, 0.717) is 25.1 Å². The molecule has 2 rings (SSSR count). The number of carbonyl (C=O) groups excluding carboxylic acids is 1. The van der Waals surface area contributed by atoms with E-state index in [2.05, 4.69) is 12.2 Å². The predicted molar refractivity (Wildman–Crippen MR) is 77.8 cm³/mol. The molecule has 0 aliphatic carbocycles. The third-order valence-corrected chi connectivity index (χ3v) is 4.18. The maximum atomic E-state index is 12.0. The fourth-order valence-corrected chi connectivity index (χ4v) is 2.84. The molecule has 116 valence electrons. The summed E-state index contributed by atoms with van der Waals surface area (Å²) in [6.45, 7) is 6.94. The van der Waals surface area contributed by atoms with Gasteiger partial charge < -0.3 is 19.7 Å². The largest absolute Gasteiger partial charge is 0.381 e. The van der Waals surface area contributed by atoms with E-state index in [4.69, 9.17) is 9.47 Å². The Morgan fingerprint density at radius 3 is 3.05 bits per heavy atom. The van der Waals surface area contributed by atoms with Crippen LogP contribution in [-0.4, -0.2) is 56.5 Å². The Hall–Kier alpha value is -0.810. The van der Waals surface area contributed by atoms with Crippen molar-refractivity contribution >= 4 is 6.03 Å². The maximum Gasteiger partial charge on any atom is 0.317 e. The zero-order valence-electron chi connectivity index (χ0n) is 12.6. The lowest BCUT2D eigenvalue weighted by molar-refractivity contribution is 0.0880. The van der Waals surface area contributed by atoms with E-state index in [-0.39, 0.29) is 6.03 Å². The second-order valence-corrected chi connectivity index (χ2v) is 5.93. The molecule has 2 aliphatic rings. The second kappa shape index (κ2) is 8.47. The van der Waals surface area contributed by atoms with Crippen LogP contribution in [0.3, 0.4) is 0 Å². The summed E-state index contributed by atoms with van der Waals surface area (Å²) in [5.74, 6) is 0.568. The standard InChI is InChI=1S/C15H28N2O3/c1-13-5-2-3-8-17(13)15(18)16-7-4-9-19-11-14-6-10-20-12-14/h13-14H,2-12H2,1H3,(H,16,18)/t13-,14+/m0/s1. The highest BCUT2D eigenvalue weighted by atomic mass is 16.5. The van der Waals surface area contributed by atoms with Crippen LogP contribution in [0.4, 0.5) is 4.79 Å². The Bertz CT molecular complexity index is 293. The van der Waals surface area contributed by atoms with Gasteiger partial charge in [0.2, 0.25) is 0 Å². The SMILES string of the molecule is C[C@H]1CCCCN1C(=O)NCCCOC[C@H]1CCOC1. The number of ether oxygens (including phenoxy) is 2. The molecule has 0 aromatic heterocycles. The number of urea groups is 1. The third kappa shape index (κ3) is 4.94. The summed E-state index contributed by atoms with van der Waals surface area (Å²) in [6, 6.07) is 0.462. The summed E-state index contributed by atoms with van der Waals surface area (Å²) < 4.78 is 10.9. The first-order chi connectivity index (χ1) is 9.77. The first-order valence-electron chi connectivity index (χ1n) is 7.97. The van der Waals surface area contributed by atoms with Crippen molar-refractivity contribution in [3.63, 3.8) is 0 Å². The average Bonchev–Trinajstić information content (AvgIpc) is 2.96. The molecule has 0 radical (unpaired) electrons. The maximum absolute atomic E-state index is 12.0. The molecule has 1 N–H and O–H groups in total. The molecule has 20 heavy (non-hydrogen) atoms. The van der Waals surface area contributed by atoms with Gasteiger partial charge in [-0.25, -0.2) is 4.79 Å². The first-order valence-corrected chi connectivity index (χ1v) is 7.97. The molecule has 5 heteroatoms. The first kappa shape index (κ1) is 15.6. The zero-order valence-corrected chi connectivity index (χ0v) is 12.6. The summed E-state index contributed by atoms with van der Waals surface area (Å²) in [5.41, 5.74) is 0. The summed E-state index contributed by atoms with van der Waals surface area (Å²) in [6.07, 6.45) is 5.49. The topological polar surface area (TPSA) is 50.8 Å². The van der Waals surface area contributed by atoms with Crippen molar-refractivity contribution in [1.82, 2.24) is 10.2 Å². The number of nitrogens with zero attached hydrogens (tertiary/aromatic N) is 1.